The van der Waals surface area contributed by atoms with E-state index in [-0.39, 0.29) is 35.3 Å². The number of carbonyl (C=O) groups is 3. The standard InChI is InChI=1S/C32H34ClN5O5/c1-2-43-32(42)36-14-12-35(13-15-36)31(41)22-10-11-28(26(17-22)34-30(40)24-6-3-4-7-25(24)33)37-18-21-16-23(20-37)27-8-5-9-29(39)38(27)19-21/h3-11,17,21,23H,2,12-16,18-20H2,1H3,(H,34,40). The molecule has 1 aromatic heterocycles. The zero-order chi connectivity index (χ0) is 30.1. The highest BCUT2D eigenvalue weighted by Crippen LogP contribution is 2.39. The molecule has 2 aromatic carbocycles. The zero-order valence-corrected chi connectivity index (χ0v) is 24.8. The van der Waals surface area contributed by atoms with Gasteiger partial charge in [0.15, 0.2) is 0 Å². The number of hydrogen-bond acceptors (Lipinski definition) is 6. The highest BCUT2D eigenvalue weighted by molar-refractivity contribution is 6.34. The number of aromatic nitrogens is 1. The number of piperidine rings is 1. The van der Waals surface area contributed by atoms with Gasteiger partial charge in [-0.05, 0) is 55.7 Å². The van der Waals surface area contributed by atoms with Crippen molar-refractivity contribution in [2.75, 3.05) is 56.1 Å². The van der Waals surface area contributed by atoms with Crippen molar-refractivity contribution in [3.8, 4) is 0 Å². The second kappa shape index (κ2) is 12.1. The number of ether oxygens (including phenoxy) is 1. The maximum Gasteiger partial charge on any atom is 0.409 e. The van der Waals surface area contributed by atoms with Crippen molar-refractivity contribution in [1.29, 1.82) is 0 Å². The maximum atomic E-state index is 13.6. The third-order valence-corrected chi connectivity index (χ3v) is 8.85. The molecule has 10 nitrogen and oxygen atoms in total. The van der Waals surface area contributed by atoms with Gasteiger partial charge < -0.3 is 29.3 Å². The summed E-state index contributed by atoms with van der Waals surface area (Å²) in [6.07, 6.45) is 0.623. The van der Waals surface area contributed by atoms with Gasteiger partial charge in [0.2, 0.25) is 0 Å². The molecule has 2 atom stereocenters. The lowest BCUT2D eigenvalue weighted by molar-refractivity contribution is 0.0570. The van der Waals surface area contributed by atoms with Gasteiger partial charge in [-0.15, -0.1) is 0 Å². The largest absolute Gasteiger partial charge is 0.450 e. The number of nitrogens with zero attached hydrogens (tertiary/aromatic N) is 4. The SMILES string of the molecule is CCOC(=O)N1CCN(C(=O)c2ccc(N3CC4CC(C3)c3cccc(=O)n3C4)c(NC(=O)c3ccccc3Cl)c2)CC1. The Kier molecular flexibility index (Phi) is 8.12. The van der Waals surface area contributed by atoms with E-state index < -0.39 is 0 Å². The van der Waals surface area contributed by atoms with Crippen molar-refractivity contribution in [2.24, 2.45) is 5.92 Å². The molecule has 0 aliphatic carbocycles. The fourth-order valence-electron chi connectivity index (χ4n) is 6.46. The summed E-state index contributed by atoms with van der Waals surface area (Å²) >= 11 is 6.34. The van der Waals surface area contributed by atoms with Gasteiger partial charge in [-0.25, -0.2) is 4.79 Å². The Hall–Kier alpha value is -4.31. The first-order valence-electron chi connectivity index (χ1n) is 14.7. The summed E-state index contributed by atoms with van der Waals surface area (Å²) in [4.78, 5) is 57.2. The third kappa shape index (κ3) is 5.84. The van der Waals surface area contributed by atoms with Crippen molar-refractivity contribution in [3.63, 3.8) is 0 Å². The molecule has 3 amide bonds. The number of amides is 3. The number of halogens is 1. The van der Waals surface area contributed by atoms with Crippen molar-refractivity contribution >= 4 is 40.9 Å². The topological polar surface area (TPSA) is 104 Å². The molecule has 2 unspecified atom stereocenters. The van der Waals surface area contributed by atoms with Crippen LogP contribution in [0.25, 0.3) is 0 Å². The highest BCUT2D eigenvalue weighted by Gasteiger charge is 2.36. The Morgan fingerprint density at radius 1 is 0.930 bits per heavy atom. The van der Waals surface area contributed by atoms with E-state index in [1.165, 1.54) is 0 Å². The van der Waals surface area contributed by atoms with E-state index in [1.54, 1.807) is 59.2 Å². The minimum absolute atomic E-state index is 0.0271. The van der Waals surface area contributed by atoms with Gasteiger partial charge in [0.1, 0.15) is 0 Å². The lowest BCUT2D eigenvalue weighted by atomic mass is 9.83. The Morgan fingerprint density at radius 2 is 1.70 bits per heavy atom. The van der Waals surface area contributed by atoms with Gasteiger partial charge in [0.25, 0.3) is 17.4 Å². The number of rotatable bonds is 5. The molecule has 2 saturated heterocycles. The van der Waals surface area contributed by atoms with E-state index in [1.807, 2.05) is 22.8 Å². The molecule has 43 heavy (non-hydrogen) atoms. The number of hydrogen-bond donors (Lipinski definition) is 1. The summed E-state index contributed by atoms with van der Waals surface area (Å²) in [6, 6.07) is 17.7. The van der Waals surface area contributed by atoms with Crippen LogP contribution in [0.1, 0.15) is 45.7 Å². The summed E-state index contributed by atoms with van der Waals surface area (Å²) < 4.78 is 6.98. The van der Waals surface area contributed by atoms with Crippen LogP contribution in [0.5, 0.6) is 0 Å². The molecular weight excluding hydrogens is 570 g/mol. The van der Waals surface area contributed by atoms with Crippen LogP contribution in [0.15, 0.2) is 65.5 Å². The van der Waals surface area contributed by atoms with E-state index in [0.717, 1.165) is 24.3 Å². The van der Waals surface area contributed by atoms with E-state index in [0.29, 0.717) is 67.7 Å². The first-order chi connectivity index (χ1) is 20.8. The van der Waals surface area contributed by atoms with Gasteiger partial charge in [0, 0.05) is 69.1 Å². The highest BCUT2D eigenvalue weighted by atomic mass is 35.5. The Balaban J connectivity index is 1.28. The molecule has 0 radical (unpaired) electrons. The number of benzene rings is 2. The van der Waals surface area contributed by atoms with Crippen LogP contribution in [0, 0.1) is 5.92 Å². The molecule has 4 heterocycles. The van der Waals surface area contributed by atoms with Gasteiger partial charge in [-0.1, -0.05) is 29.8 Å². The van der Waals surface area contributed by atoms with Crippen LogP contribution in [0.3, 0.4) is 0 Å². The minimum atomic E-state index is -0.373. The molecule has 0 spiro atoms. The summed E-state index contributed by atoms with van der Waals surface area (Å²) in [5.41, 5.74) is 3.17. The number of pyridine rings is 1. The number of piperazine rings is 1. The summed E-state index contributed by atoms with van der Waals surface area (Å²) in [5, 5.41) is 3.37. The molecule has 0 saturated carbocycles. The van der Waals surface area contributed by atoms with Gasteiger partial charge >= 0.3 is 6.09 Å². The van der Waals surface area contributed by atoms with Crippen LogP contribution in [0.4, 0.5) is 16.2 Å². The quantitative estimate of drug-likeness (QED) is 0.467. The predicted molar refractivity (Wildman–Crippen MR) is 164 cm³/mol. The van der Waals surface area contributed by atoms with Crippen molar-refractivity contribution in [2.45, 2.75) is 25.8 Å². The third-order valence-electron chi connectivity index (χ3n) is 8.52. The molecule has 1 N–H and O–H groups in total. The lowest BCUT2D eigenvalue weighted by Crippen LogP contribution is -2.50. The second-order valence-electron chi connectivity index (χ2n) is 11.2. The van der Waals surface area contributed by atoms with Gasteiger partial charge in [-0.3, -0.25) is 14.4 Å². The van der Waals surface area contributed by atoms with Gasteiger partial charge in [-0.2, -0.15) is 0 Å². The van der Waals surface area contributed by atoms with E-state index >= 15 is 0 Å². The Labute approximate surface area is 254 Å². The molecular formula is C32H34ClN5O5. The molecule has 3 aliphatic heterocycles. The van der Waals surface area contributed by atoms with Crippen LogP contribution in [-0.2, 0) is 11.3 Å². The molecule has 3 aromatic rings. The number of anilines is 2. The fraction of sp³-hybridized carbons (Fsp3) is 0.375. The van der Waals surface area contributed by atoms with Crippen molar-refractivity contribution in [3.05, 3.63) is 92.9 Å². The number of fused-ring (bicyclic) bond motifs is 4. The van der Waals surface area contributed by atoms with Crippen LogP contribution < -0.4 is 15.8 Å². The maximum absolute atomic E-state index is 13.6. The van der Waals surface area contributed by atoms with Crippen LogP contribution >= 0.6 is 11.6 Å². The molecule has 2 fully saturated rings. The van der Waals surface area contributed by atoms with Crippen LogP contribution in [-0.4, -0.2) is 78.1 Å². The molecule has 11 heteroatoms. The van der Waals surface area contributed by atoms with E-state index in [2.05, 4.69) is 10.2 Å². The molecule has 224 valence electrons. The predicted octanol–water partition coefficient (Wildman–Crippen LogP) is 4.29. The minimum Gasteiger partial charge on any atom is -0.450 e. The summed E-state index contributed by atoms with van der Waals surface area (Å²) in [5.74, 6) is -0.0956. The Morgan fingerprint density at radius 3 is 2.47 bits per heavy atom. The average molecular weight is 604 g/mol. The lowest BCUT2D eigenvalue weighted by Gasteiger charge is -2.44. The molecule has 3 aliphatic rings. The Bertz CT molecular complexity index is 1620. The first kappa shape index (κ1) is 28.8. The van der Waals surface area contributed by atoms with Crippen molar-refractivity contribution < 1.29 is 19.1 Å². The first-order valence-corrected chi connectivity index (χ1v) is 15.1. The fourth-order valence-corrected chi connectivity index (χ4v) is 6.68. The van der Waals surface area contributed by atoms with E-state index in [9.17, 15) is 19.2 Å². The summed E-state index contributed by atoms with van der Waals surface area (Å²) in [7, 11) is 0. The van der Waals surface area contributed by atoms with Crippen molar-refractivity contribution in [1.82, 2.24) is 14.4 Å². The monoisotopic (exact) mass is 603 g/mol. The van der Waals surface area contributed by atoms with Crippen LogP contribution in [0.2, 0.25) is 5.02 Å². The summed E-state index contributed by atoms with van der Waals surface area (Å²) in [6.45, 7) is 5.66. The smallest absolute Gasteiger partial charge is 0.409 e. The molecule has 2 bridgehead atoms. The average Bonchev–Trinajstić information content (AvgIpc) is 3.01. The molecule has 6 rings (SSSR count). The number of nitrogens with one attached hydrogen (secondary N) is 1. The van der Waals surface area contributed by atoms with Gasteiger partial charge in [0.05, 0.1) is 28.6 Å². The zero-order valence-electron chi connectivity index (χ0n) is 24.0. The van der Waals surface area contributed by atoms with E-state index in [4.69, 9.17) is 16.3 Å². The second-order valence-corrected chi connectivity index (χ2v) is 11.7. The normalized spacial score (nSPS) is 19.4. The number of carbonyl (C=O) groups excluding carboxylic acids is 3.